The van der Waals surface area contributed by atoms with E-state index in [4.69, 9.17) is 5.11 Å². The molecule has 0 aromatic rings. The quantitative estimate of drug-likeness (QED) is 0.684. The minimum atomic E-state index is -0.748. The van der Waals surface area contributed by atoms with Gasteiger partial charge in [-0.25, -0.2) is 0 Å². The third kappa shape index (κ3) is 5.50. The largest absolute Gasteiger partial charge is 0.481 e. The average Bonchev–Trinajstić information content (AvgIpc) is 2.04. The predicted molar refractivity (Wildman–Crippen MR) is 61.8 cm³/mol. The maximum Gasteiger partial charge on any atom is 0.310 e. The molecule has 14 heavy (non-hydrogen) atoms. The van der Waals surface area contributed by atoms with Crippen molar-refractivity contribution in [2.24, 2.45) is 11.3 Å². The van der Waals surface area contributed by atoms with Crippen molar-refractivity contribution in [2.75, 3.05) is 25.1 Å². The smallest absolute Gasteiger partial charge is 0.310 e. The summed E-state index contributed by atoms with van der Waals surface area (Å²) in [6.45, 7) is 7.05. The van der Waals surface area contributed by atoms with Gasteiger partial charge in [0.05, 0.1) is 5.41 Å². The van der Waals surface area contributed by atoms with Gasteiger partial charge < -0.3 is 10.4 Å². The second kappa shape index (κ2) is 6.30. The van der Waals surface area contributed by atoms with E-state index in [1.54, 1.807) is 13.8 Å². The van der Waals surface area contributed by atoms with Gasteiger partial charge in [0.15, 0.2) is 0 Å². The standard InChI is InChI=1S/C10H21NO2S/c1-8(6-14-4)5-11-7-10(2,3)9(12)13/h8,11H,5-7H2,1-4H3,(H,12,13). The maximum atomic E-state index is 10.8. The van der Waals surface area contributed by atoms with Crippen LogP contribution in [0.2, 0.25) is 0 Å². The number of hydrogen-bond acceptors (Lipinski definition) is 3. The highest BCUT2D eigenvalue weighted by Gasteiger charge is 2.26. The van der Waals surface area contributed by atoms with Crippen LogP contribution >= 0.6 is 11.8 Å². The Morgan fingerprint density at radius 1 is 1.57 bits per heavy atom. The molecule has 2 N–H and O–H groups in total. The summed E-state index contributed by atoms with van der Waals surface area (Å²) in [4.78, 5) is 10.8. The summed E-state index contributed by atoms with van der Waals surface area (Å²) in [6.07, 6.45) is 2.08. The van der Waals surface area contributed by atoms with Crippen molar-refractivity contribution in [2.45, 2.75) is 20.8 Å². The van der Waals surface area contributed by atoms with Crippen molar-refractivity contribution in [1.29, 1.82) is 0 Å². The van der Waals surface area contributed by atoms with Crippen LogP contribution in [0.4, 0.5) is 0 Å². The van der Waals surface area contributed by atoms with E-state index in [0.29, 0.717) is 12.5 Å². The molecule has 0 bridgehead atoms. The molecule has 0 spiro atoms. The highest BCUT2D eigenvalue weighted by molar-refractivity contribution is 7.98. The zero-order valence-electron chi connectivity index (χ0n) is 9.46. The van der Waals surface area contributed by atoms with Crippen molar-refractivity contribution in [3.05, 3.63) is 0 Å². The summed E-state index contributed by atoms with van der Waals surface area (Å²) in [6, 6.07) is 0. The van der Waals surface area contributed by atoms with Crippen LogP contribution in [-0.4, -0.2) is 36.2 Å². The monoisotopic (exact) mass is 219 g/mol. The van der Waals surface area contributed by atoms with E-state index >= 15 is 0 Å². The fourth-order valence-corrected chi connectivity index (χ4v) is 1.74. The Balaban J connectivity index is 3.68. The zero-order valence-corrected chi connectivity index (χ0v) is 10.3. The summed E-state index contributed by atoms with van der Waals surface area (Å²) in [5, 5.41) is 12.1. The number of aliphatic carboxylic acids is 1. The third-order valence-corrected chi connectivity index (χ3v) is 2.99. The topological polar surface area (TPSA) is 49.3 Å². The van der Waals surface area contributed by atoms with Crippen molar-refractivity contribution >= 4 is 17.7 Å². The molecule has 0 aliphatic rings. The number of carboxylic acid groups (broad SMARTS) is 1. The van der Waals surface area contributed by atoms with Crippen LogP contribution in [0.3, 0.4) is 0 Å². The van der Waals surface area contributed by atoms with Gasteiger partial charge in [0.2, 0.25) is 0 Å². The van der Waals surface area contributed by atoms with Gasteiger partial charge in [0.1, 0.15) is 0 Å². The van der Waals surface area contributed by atoms with Gasteiger partial charge in [-0.15, -0.1) is 0 Å². The van der Waals surface area contributed by atoms with Gasteiger partial charge in [-0.05, 0) is 38.3 Å². The van der Waals surface area contributed by atoms with Crippen LogP contribution < -0.4 is 5.32 Å². The van der Waals surface area contributed by atoms with Gasteiger partial charge >= 0.3 is 5.97 Å². The normalized spacial score (nSPS) is 14.0. The van der Waals surface area contributed by atoms with Gasteiger partial charge in [-0.2, -0.15) is 11.8 Å². The Labute approximate surface area is 90.7 Å². The Morgan fingerprint density at radius 2 is 2.14 bits per heavy atom. The fourth-order valence-electron chi connectivity index (χ4n) is 1.05. The highest BCUT2D eigenvalue weighted by Crippen LogP contribution is 2.13. The molecule has 0 heterocycles. The minimum absolute atomic E-state index is 0.529. The third-order valence-electron chi connectivity index (χ3n) is 2.09. The molecule has 0 amide bonds. The van der Waals surface area contributed by atoms with Crippen LogP contribution in [0.25, 0.3) is 0 Å². The van der Waals surface area contributed by atoms with Crippen LogP contribution in [0.1, 0.15) is 20.8 Å². The first-order chi connectivity index (χ1) is 6.40. The van der Waals surface area contributed by atoms with E-state index < -0.39 is 11.4 Å². The maximum absolute atomic E-state index is 10.8. The number of carboxylic acids is 1. The average molecular weight is 219 g/mol. The molecule has 0 aromatic carbocycles. The zero-order chi connectivity index (χ0) is 11.2. The molecule has 1 atom stereocenters. The lowest BCUT2D eigenvalue weighted by atomic mass is 9.94. The Kier molecular flexibility index (Phi) is 6.20. The summed E-state index contributed by atoms with van der Waals surface area (Å²) in [5.74, 6) is 0.956. The first kappa shape index (κ1) is 13.8. The van der Waals surface area contributed by atoms with Crippen molar-refractivity contribution < 1.29 is 9.90 Å². The molecular weight excluding hydrogens is 198 g/mol. The van der Waals surface area contributed by atoms with E-state index in [-0.39, 0.29) is 0 Å². The lowest BCUT2D eigenvalue weighted by Gasteiger charge is -2.21. The molecule has 4 heteroatoms. The van der Waals surface area contributed by atoms with Crippen LogP contribution in [-0.2, 0) is 4.79 Å². The molecule has 0 radical (unpaired) electrons. The van der Waals surface area contributed by atoms with E-state index in [2.05, 4.69) is 18.5 Å². The van der Waals surface area contributed by atoms with E-state index in [0.717, 1.165) is 12.3 Å². The van der Waals surface area contributed by atoms with Gasteiger partial charge in [0, 0.05) is 6.54 Å². The molecule has 0 aromatic heterocycles. The number of hydrogen-bond donors (Lipinski definition) is 2. The van der Waals surface area contributed by atoms with E-state index in [9.17, 15) is 4.79 Å². The number of rotatable bonds is 7. The highest BCUT2D eigenvalue weighted by atomic mass is 32.2. The first-order valence-corrected chi connectivity index (χ1v) is 6.22. The molecule has 84 valence electrons. The van der Waals surface area contributed by atoms with Gasteiger partial charge in [0.25, 0.3) is 0 Å². The lowest BCUT2D eigenvalue weighted by molar-refractivity contribution is -0.146. The molecule has 3 nitrogen and oxygen atoms in total. The summed E-state index contributed by atoms with van der Waals surface area (Å²) in [7, 11) is 0. The summed E-state index contributed by atoms with van der Waals surface area (Å²) < 4.78 is 0. The Bertz CT molecular complexity index is 183. The second-order valence-electron chi connectivity index (χ2n) is 4.38. The molecule has 0 aliphatic carbocycles. The number of carbonyl (C=O) groups is 1. The molecule has 0 fully saturated rings. The predicted octanol–water partition coefficient (Wildman–Crippen LogP) is 1.69. The molecule has 0 aliphatic heterocycles. The van der Waals surface area contributed by atoms with Crippen LogP contribution in [0, 0.1) is 11.3 Å². The molecule has 0 saturated carbocycles. The lowest BCUT2D eigenvalue weighted by Crippen LogP contribution is -2.37. The van der Waals surface area contributed by atoms with Crippen LogP contribution in [0.5, 0.6) is 0 Å². The van der Waals surface area contributed by atoms with E-state index in [1.165, 1.54) is 0 Å². The van der Waals surface area contributed by atoms with Crippen molar-refractivity contribution in [1.82, 2.24) is 5.32 Å². The first-order valence-electron chi connectivity index (χ1n) is 4.83. The molecule has 0 rings (SSSR count). The number of nitrogens with one attached hydrogen (secondary N) is 1. The van der Waals surface area contributed by atoms with Crippen LogP contribution in [0.15, 0.2) is 0 Å². The van der Waals surface area contributed by atoms with Crippen molar-refractivity contribution in [3.8, 4) is 0 Å². The van der Waals surface area contributed by atoms with E-state index in [1.807, 2.05) is 11.8 Å². The SMILES string of the molecule is CSCC(C)CNCC(C)(C)C(=O)O. The summed E-state index contributed by atoms with van der Waals surface area (Å²) in [5.41, 5.74) is -0.668. The Morgan fingerprint density at radius 3 is 2.57 bits per heavy atom. The molecule has 0 saturated heterocycles. The fraction of sp³-hybridized carbons (Fsp3) is 0.900. The van der Waals surface area contributed by atoms with Crippen molar-refractivity contribution in [3.63, 3.8) is 0 Å². The van der Waals surface area contributed by atoms with Gasteiger partial charge in [-0.3, -0.25) is 4.79 Å². The Hall–Kier alpha value is -0.220. The second-order valence-corrected chi connectivity index (χ2v) is 5.29. The van der Waals surface area contributed by atoms with Gasteiger partial charge in [-0.1, -0.05) is 6.92 Å². The number of thioether (sulfide) groups is 1. The summed E-state index contributed by atoms with van der Waals surface area (Å²) >= 11 is 1.82. The minimum Gasteiger partial charge on any atom is -0.481 e. The molecule has 1 unspecified atom stereocenters. The molecular formula is C10H21NO2S.